The van der Waals surface area contributed by atoms with Gasteiger partial charge in [0.25, 0.3) is 0 Å². The van der Waals surface area contributed by atoms with Crippen LogP contribution in [-0.4, -0.2) is 7.05 Å². The summed E-state index contributed by atoms with van der Waals surface area (Å²) in [5, 5.41) is 5.61. The van der Waals surface area contributed by atoms with E-state index in [4.69, 9.17) is 0 Å². The maximum Gasteiger partial charge on any atom is 0.0673 e. The molecule has 0 aliphatic carbocycles. The number of nitrogens with one attached hydrogen (secondary N) is 1. The van der Waals surface area contributed by atoms with Gasteiger partial charge in [-0.3, -0.25) is 0 Å². The van der Waals surface area contributed by atoms with Crippen molar-refractivity contribution in [1.82, 2.24) is 5.32 Å². The van der Waals surface area contributed by atoms with Crippen LogP contribution in [0.15, 0.2) is 28.1 Å². The molecule has 2 aromatic rings. The summed E-state index contributed by atoms with van der Waals surface area (Å²) in [6.45, 7) is 6.49. The molecule has 0 bridgehead atoms. The van der Waals surface area contributed by atoms with Crippen molar-refractivity contribution in [3.05, 3.63) is 55.2 Å². The normalized spacial score (nSPS) is 12.7. The summed E-state index contributed by atoms with van der Waals surface area (Å²) in [4.78, 5) is 1.40. The molecule has 1 heterocycles. The van der Waals surface area contributed by atoms with Gasteiger partial charge in [0.15, 0.2) is 0 Å². The number of hydrogen-bond acceptors (Lipinski definition) is 2. The number of thiophene rings is 1. The van der Waals surface area contributed by atoms with Crippen molar-refractivity contribution in [3.8, 4) is 0 Å². The summed E-state index contributed by atoms with van der Waals surface area (Å²) < 4.78 is 1.18. The van der Waals surface area contributed by atoms with E-state index in [1.807, 2.05) is 18.4 Å². The summed E-state index contributed by atoms with van der Waals surface area (Å²) in [6.07, 6.45) is 0. The average Bonchev–Trinajstić information content (AvgIpc) is 2.73. The van der Waals surface area contributed by atoms with Crippen LogP contribution in [0.5, 0.6) is 0 Å². The summed E-state index contributed by atoms with van der Waals surface area (Å²) in [7, 11) is 2.03. The third-order valence-electron chi connectivity index (χ3n) is 3.31. The number of rotatable bonds is 3. The summed E-state index contributed by atoms with van der Waals surface area (Å²) >= 11 is 5.42. The van der Waals surface area contributed by atoms with Crippen LogP contribution in [0.2, 0.25) is 0 Å². The molecule has 1 aromatic heterocycles. The van der Waals surface area contributed by atoms with Gasteiger partial charge in [-0.15, -0.1) is 11.3 Å². The standard InChI is InChI=1S/C15H18BrNS/c1-9-5-6-18-15(9)14(17-4)12-7-11(3)13(16)8-10(12)2/h5-8,14,17H,1-4H3. The third-order valence-corrected chi connectivity index (χ3v) is 5.25. The molecule has 1 atom stereocenters. The lowest BCUT2D eigenvalue weighted by Crippen LogP contribution is -2.18. The Morgan fingerprint density at radius 3 is 2.39 bits per heavy atom. The second-order valence-electron chi connectivity index (χ2n) is 4.65. The lowest BCUT2D eigenvalue weighted by molar-refractivity contribution is 0.695. The van der Waals surface area contributed by atoms with Crippen molar-refractivity contribution in [1.29, 1.82) is 0 Å². The first-order chi connectivity index (χ1) is 8.54. The minimum atomic E-state index is 0.289. The summed E-state index contributed by atoms with van der Waals surface area (Å²) in [6, 6.07) is 6.96. The minimum Gasteiger partial charge on any atom is -0.309 e. The molecule has 0 amide bonds. The van der Waals surface area contributed by atoms with E-state index >= 15 is 0 Å². The van der Waals surface area contributed by atoms with Gasteiger partial charge in [-0.25, -0.2) is 0 Å². The monoisotopic (exact) mass is 323 g/mol. The molecule has 1 unspecified atom stereocenters. The lowest BCUT2D eigenvalue weighted by atomic mass is 9.96. The van der Waals surface area contributed by atoms with E-state index in [9.17, 15) is 0 Å². The number of aryl methyl sites for hydroxylation is 3. The van der Waals surface area contributed by atoms with Gasteiger partial charge in [0.1, 0.15) is 0 Å². The van der Waals surface area contributed by atoms with Crippen molar-refractivity contribution >= 4 is 27.3 Å². The fourth-order valence-electron chi connectivity index (χ4n) is 2.22. The van der Waals surface area contributed by atoms with E-state index in [1.54, 1.807) is 0 Å². The predicted octanol–water partition coefficient (Wildman–Crippen LogP) is 4.74. The molecule has 0 fully saturated rings. The van der Waals surface area contributed by atoms with Crippen LogP contribution in [0.3, 0.4) is 0 Å². The van der Waals surface area contributed by atoms with Crippen LogP contribution in [0.25, 0.3) is 0 Å². The highest BCUT2D eigenvalue weighted by Crippen LogP contribution is 2.33. The number of halogens is 1. The van der Waals surface area contributed by atoms with Gasteiger partial charge in [-0.05, 0) is 67.6 Å². The maximum atomic E-state index is 3.60. The molecule has 2 rings (SSSR count). The van der Waals surface area contributed by atoms with E-state index < -0.39 is 0 Å². The zero-order chi connectivity index (χ0) is 13.3. The largest absolute Gasteiger partial charge is 0.309 e. The second-order valence-corrected chi connectivity index (χ2v) is 6.45. The molecule has 0 aliphatic heterocycles. The molecular formula is C15H18BrNS. The Morgan fingerprint density at radius 1 is 1.11 bits per heavy atom. The van der Waals surface area contributed by atoms with Gasteiger partial charge >= 0.3 is 0 Å². The zero-order valence-electron chi connectivity index (χ0n) is 11.2. The van der Waals surface area contributed by atoms with Crippen molar-refractivity contribution in [2.24, 2.45) is 0 Å². The first-order valence-electron chi connectivity index (χ1n) is 6.02. The first kappa shape index (κ1) is 13.8. The molecular weight excluding hydrogens is 306 g/mol. The van der Waals surface area contributed by atoms with Gasteiger partial charge in [0.05, 0.1) is 6.04 Å². The van der Waals surface area contributed by atoms with Gasteiger partial charge < -0.3 is 5.32 Å². The van der Waals surface area contributed by atoms with E-state index in [1.165, 1.54) is 31.6 Å². The van der Waals surface area contributed by atoms with Gasteiger partial charge in [0.2, 0.25) is 0 Å². The number of hydrogen-bond donors (Lipinski definition) is 1. The molecule has 0 spiro atoms. The van der Waals surface area contributed by atoms with E-state index in [-0.39, 0.29) is 6.04 Å². The van der Waals surface area contributed by atoms with Crippen molar-refractivity contribution in [3.63, 3.8) is 0 Å². The molecule has 0 saturated heterocycles. The van der Waals surface area contributed by atoms with Crippen LogP contribution in [-0.2, 0) is 0 Å². The van der Waals surface area contributed by atoms with Crippen LogP contribution >= 0.6 is 27.3 Å². The Bertz CT molecular complexity index is 560. The molecule has 96 valence electrons. The quantitative estimate of drug-likeness (QED) is 0.859. The molecule has 3 heteroatoms. The van der Waals surface area contributed by atoms with Crippen molar-refractivity contribution < 1.29 is 0 Å². The molecule has 18 heavy (non-hydrogen) atoms. The zero-order valence-corrected chi connectivity index (χ0v) is 13.6. The Hall–Kier alpha value is -0.640. The first-order valence-corrected chi connectivity index (χ1v) is 7.69. The summed E-state index contributed by atoms with van der Waals surface area (Å²) in [5.41, 5.74) is 5.33. The minimum absolute atomic E-state index is 0.289. The highest BCUT2D eigenvalue weighted by Gasteiger charge is 2.18. The smallest absolute Gasteiger partial charge is 0.0673 e. The van der Waals surface area contributed by atoms with Gasteiger partial charge in [-0.1, -0.05) is 22.0 Å². The topological polar surface area (TPSA) is 12.0 Å². The Balaban J connectivity index is 2.52. The highest BCUT2D eigenvalue weighted by molar-refractivity contribution is 9.10. The van der Waals surface area contributed by atoms with Crippen LogP contribution in [0.4, 0.5) is 0 Å². The van der Waals surface area contributed by atoms with E-state index in [2.05, 4.69) is 65.6 Å². The molecule has 1 aromatic carbocycles. The Kier molecular flexibility index (Phi) is 4.25. The third kappa shape index (κ3) is 2.53. The molecule has 0 radical (unpaired) electrons. The number of benzene rings is 1. The van der Waals surface area contributed by atoms with E-state index in [0.717, 1.165) is 0 Å². The van der Waals surface area contributed by atoms with Crippen LogP contribution in [0, 0.1) is 20.8 Å². The van der Waals surface area contributed by atoms with Crippen molar-refractivity contribution in [2.75, 3.05) is 7.05 Å². The highest BCUT2D eigenvalue weighted by atomic mass is 79.9. The molecule has 0 saturated carbocycles. The van der Waals surface area contributed by atoms with Crippen LogP contribution < -0.4 is 5.32 Å². The predicted molar refractivity (Wildman–Crippen MR) is 83.6 cm³/mol. The van der Waals surface area contributed by atoms with Gasteiger partial charge in [0, 0.05) is 9.35 Å². The summed E-state index contributed by atoms with van der Waals surface area (Å²) in [5.74, 6) is 0. The average molecular weight is 324 g/mol. The van der Waals surface area contributed by atoms with Crippen LogP contribution in [0.1, 0.15) is 33.2 Å². The van der Waals surface area contributed by atoms with Gasteiger partial charge in [-0.2, -0.15) is 0 Å². The molecule has 1 N–H and O–H groups in total. The van der Waals surface area contributed by atoms with Crippen molar-refractivity contribution in [2.45, 2.75) is 26.8 Å². The lowest BCUT2D eigenvalue weighted by Gasteiger charge is -2.20. The Labute approximate surface area is 121 Å². The molecule has 0 aliphatic rings. The Morgan fingerprint density at radius 2 is 1.83 bits per heavy atom. The second kappa shape index (κ2) is 5.55. The fourth-order valence-corrected chi connectivity index (χ4v) is 3.73. The maximum absolute atomic E-state index is 3.60. The SMILES string of the molecule is CNC(c1cc(C)c(Br)cc1C)c1sccc1C. The fraction of sp³-hybridized carbons (Fsp3) is 0.333. The molecule has 1 nitrogen and oxygen atoms in total. The van der Waals surface area contributed by atoms with E-state index in [0.29, 0.717) is 0 Å².